The lowest BCUT2D eigenvalue weighted by Gasteiger charge is -2.41. The van der Waals surface area contributed by atoms with Gasteiger partial charge >= 0.3 is 0 Å². The van der Waals surface area contributed by atoms with E-state index >= 15 is 0 Å². The number of hydrogen-bond donors (Lipinski definition) is 2. The van der Waals surface area contributed by atoms with Gasteiger partial charge in [0, 0.05) is 57.4 Å². The van der Waals surface area contributed by atoms with E-state index in [0.29, 0.717) is 13.2 Å². The van der Waals surface area contributed by atoms with Crippen LogP contribution in [0.2, 0.25) is 0 Å². The molecule has 1 atom stereocenters. The summed E-state index contributed by atoms with van der Waals surface area (Å²) in [5.41, 5.74) is 3.68. The van der Waals surface area contributed by atoms with Gasteiger partial charge in [-0.2, -0.15) is 0 Å². The highest BCUT2D eigenvalue weighted by atomic mass is 32.1. The summed E-state index contributed by atoms with van der Waals surface area (Å²) in [6.45, 7) is 1.43. The molecule has 2 aromatic rings. The SMILES string of the molecule is COC1(C(Cc2cn3ccsc3n2)NN)CCOCC1. The van der Waals surface area contributed by atoms with Crippen molar-refractivity contribution in [3.63, 3.8) is 0 Å². The third kappa shape index (κ3) is 2.47. The van der Waals surface area contributed by atoms with Gasteiger partial charge < -0.3 is 9.47 Å². The minimum Gasteiger partial charge on any atom is -0.381 e. The third-order valence-electron chi connectivity index (χ3n) is 4.14. The number of nitrogens with zero attached hydrogens (tertiary/aromatic N) is 2. The summed E-state index contributed by atoms with van der Waals surface area (Å²) in [6, 6.07) is 0.0287. The monoisotopic (exact) mass is 296 g/mol. The number of rotatable bonds is 5. The van der Waals surface area contributed by atoms with Crippen LogP contribution in [0, 0.1) is 0 Å². The maximum atomic E-state index is 5.81. The number of hydrazine groups is 1. The zero-order valence-corrected chi connectivity index (χ0v) is 12.4. The first-order chi connectivity index (χ1) is 9.77. The molecule has 2 aromatic heterocycles. The quantitative estimate of drug-likeness (QED) is 0.635. The molecule has 3 N–H and O–H groups in total. The van der Waals surface area contributed by atoms with Crippen LogP contribution in [-0.4, -0.2) is 41.4 Å². The van der Waals surface area contributed by atoms with Crippen LogP contribution in [0.5, 0.6) is 0 Å². The van der Waals surface area contributed by atoms with Crippen molar-refractivity contribution in [1.29, 1.82) is 0 Å². The van der Waals surface area contributed by atoms with E-state index in [4.69, 9.17) is 15.3 Å². The van der Waals surface area contributed by atoms with Crippen molar-refractivity contribution in [2.45, 2.75) is 30.9 Å². The first-order valence-electron chi connectivity index (χ1n) is 6.77. The number of ether oxygens (including phenoxy) is 2. The first kappa shape index (κ1) is 14.0. The van der Waals surface area contributed by atoms with Gasteiger partial charge in [-0.15, -0.1) is 11.3 Å². The Kier molecular flexibility index (Phi) is 4.04. The molecule has 0 radical (unpaired) electrons. The zero-order chi connectivity index (χ0) is 14.0. The normalized spacial score (nSPS) is 20.3. The van der Waals surface area contributed by atoms with Crippen LogP contribution < -0.4 is 11.3 Å². The van der Waals surface area contributed by atoms with Crippen molar-refractivity contribution in [2.24, 2.45) is 5.84 Å². The molecule has 1 aliphatic rings. The van der Waals surface area contributed by atoms with E-state index < -0.39 is 0 Å². The van der Waals surface area contributed by atoms with Gasteiger partial charge in [-0.05, 0) is 0 Å². The lowest BCUT2D eigenvalue weighted by atomic mass is 9.84. The van der Waals surface area contributed by atoms with Crippen molar-refractivity contribution in [3.8, 4) is 0 Å². The lowest BCUT2D eigenvalue weighted by Crippen LogP contribution is -2.58. The Morgan fingerprint density at radius 3 is 3.05 bits per heavy atom. The summed E-state index contributed by atoms with van der Waals surface area (Å²) in [4.78, 5) is 5.63. The zero-order valence-electron chi connectivity index (χ0n) is 11.5. The minimum atomic E-state index is -0.274. The highest BCUT2D eigenvalue weighted by Gasteiger charge is 2.40. The fourth-order valence-electron chi connectivity index (χ4n) is 2.89. The van der Waals surface area contributed by atoms with Gasteiger partial charge in [-0.3, -0.25) is 15.7 Å². The molecule has 0 spiro atoms. The predicted molar refractivity (Wildman–Crippen MR) is 77.7 cm³/mol. The summed E-state index contributed by atoms with van der Waals surface area (Å²) in [7, 11) is 1.75. The molecule has 0 aliphatic carbocycles. The second-order valence-corrected chi connectivity index (χ2v) is 6.00. The Labute approximate surface area is 121 Å². The number of nitrogens with one attached hydrogen (secondary N) is 1. The van der Waals surface area contributed by atoms with Crippen LogP contribution in [0.1, 0.15) is 18.5 Å². The standard InChI is InChI=1S/C13H20N4O2S/c1-18-13(2-5-19-6-3-13)11(16-14)8-10-9-17-4-7-20-12(17)15-10/h4,7,9,11,16H,2-3,5-6,8,14H2,1H3. The van der Waals surface area contributed by atoms with Crippen LogP contribution >= 0.6 is 11.3 Å². The molecule has 0 aromatic carbocycles. The van der Waals surface area contributed by atoms with E-state index in [1.54, 1.807) is 18.4 Å². The summed E-state index contributed by atoms with van der Waals surface area (Å²) in [6.07, 6.45) is 6.51. The van der Waals surface area contributed by atoms with Crippen molar-refractivity contribution in [2.75, 3.05) is 20.3 Å². The van der Waals surface area contributed by atoms with E-state index in [9.17, 15) is 0 Å². The largest absolute Gasteiger partial charge is 0.381 e. The number of hydrogen-bond acceptors (Lipinski definition) is 6. The van der Waals surface area contributed by atoms with E-state index in [-0.39, 0.29) is 11.6 Å². The molecule has 20 heavy (non-hydrogen) atoms. The van der Waals surface area contributed by atoms with E-state index in [2.05, 4.69) is 16.6 Å². The number of aromatic nitrogens is 2. The topological polar surface area (TPSA) is 73.8 Å². The van der Waals surface area contributed by atoms with Crippen molar-refractivity contribution in [3.05, 3.63) is 23.5 Å². The van der Waals surface area contributed by atoms with Gasteiger partial charge in [0.25, 0.3) is 0 Å². The Balaban J connectivity index is 1.79. The predicted octanol–water partition coefficient (Wildman–Crippen LogP) is 0.966. The van der Waals surface area contributed by atoms with Crippen LogP contribution in [0.15, 0.2) is 17.8 Å². The molecule has 0 bridgehead atoms. The maximum absolute atomic E-state index is 5.81. The average Bonchev–Trinajstić information content (AvgIpc) is 3.06. The molecule has 0 amide bonds. The second kappa shape index (κ2) is 5.79. The van der Waals surface area contributed by atoms with Gasteiger partial charge in [0.1, 0.15) is 0 Å². The second-order valence-electron chi connectivity index (χ2n) is 5.13. The molecule has 1 unspecified atom stereocenters. The molecule has 1 fully saturated rings. The average molecular weight is 296 g/mol. The maximum Gasteiger partial charge on any atom is 0.193 e. The van der Waals surface area contributed by atoms with Crippen LogP contribution in [0.3, 0.4) is 0 Å². The first-order valence-corrected chi connectivity index (χ1v) is 7.65. The molecule has 110 valence electrons. The summed E-state index contributed by atoms with van der Waals surface area (Å²) < 4.78 is 13.3. The molecular formula is C13H20N4O2S. The Morgan fingerprint density at radius 2 is 2.40 bits per heavy atom. The number of fused-ring (bicyclic) bond motifs is 1. The third-order valence-corrected chi connectivity index (χ3v) is 4.91. The molecular weight excluding hydrogens is 276 g/mol. The molecule has 3 heterocycles. The highest BCUT2D eigenvalue weighted by Crippen LogP contribution is 2.30. The van der Waals surface area contributed by atoms with E-state index in [1.165, 1.54) is 0 Å². The number of methoxy groups -OCH3 is 1. The van der Waals surface area contributed by atoms with E-state index in [0.717, 1.165) is 29.9 Å². The molecule has 1 saturated heterocycles. The lowest BCUT2D eigenvalue weighted by molar-refractivity contribution is -0.110. The van der Waals surface area contributed by atoms with Crippen LogP contribution in [0.25, 0.3) is 4.96 Å². The van der Waals surface area contributed by atoms with E-state index in [1.807, 2.05) is 16.0 Å². The van der Waals surface area contributed by atoms with Crippen molar-refractivity contribution < 1.29 is 9.47 Å². The summed E-state index contributed by atoms with van der Waals surface area (Å²) in [5, 5.41) is 2.03. The van der Waals surface area contributed by atoms with Gasteiger partial charge in [0.2, 0.25) is 0 Å². The molecule has 0 saturated carbocycles. The summed E-state index contributed by atoms with van der Waals surface area (Å²) in [5.74, 6) is 5.78. The minimum absolute atomic E-state index is 0.0287. The van der Waals surface area contributed by atoms with Crippen LogP contribution in [-0.2, 0) is 15.9 Å². The molecule has 7 heteroatoms. The van der Waals surface area contributed by atoms with Gasteiger partial charge in [-0.1, -0.05) is 0 Å². The van der Waals surface area contributed by atoms with Crippen molar-refractivity contribution in [1.82, 2.24) is 14.8 Å². The molecule has 6 nitrogen and oxygen atoms in total. The highest BCUT2D eigenvalue weighted by molar-refractivity contribution is 7.15. The smallest absolute Gasteiger partial charge is 0.193 e. The van der Waals surface area contributed by atoms with Gasteiger partial charge in [0.15, 0.2) is 4.96 Å². The number of thiazole rings is 1. The summed E-state index contributed by atoms with van der Waals surface area (Å²) >= 11 is 1.63. The molecule has 1 aliphatic heterocycles. The Morgan fingerprint density at radius 1 is 1.60 bits per heavy atom. The van der Waals surface area contributed by atoms with Gasteiger partial charge in [-0.25, -0.2) is 4.98 Å². The Bertz CT molecular complexity index is 533. The Hall–Kier alpha value is -0.990. The van der Waals surface area contributed by atoms with Crippen LogP contribution in [0.4, 0.5) is 0 Å². The fraction of sp³-hybridized carbons (Fsp3) is 0.615. The van der Waals surface area contributed by atoms with Crippen molar-refractivity contribution >= 4 is 16.3 Å². The fourth-order valence-corrected chi connectivity index (χ4v) is 3.61. The number of imidazole rings is 1. The van der Waals surface area contributed by atoms with Gasteiger partial charge in [0.05, 0.1) is 17.3 Å². The number of nitrogens with two attached hydrogens (primary N) is 1. The molecule has 3 rings (SSSR count).